The summed E-state index contributed by atoms with van der Waals surface area (Å²) in [4.78, 5) is 42.3. The second-order valence-electron chi connectivity index (χ2n) is 8.30. The van der Waals surface area contributed by atoms with Gasteiger partial charge in [-0.05, 0) is 51.2 Å². The van der Waals surface area contributed by atoms with Crippen LogP contribution in [0.4, 0.5) is 0 Å². The summed E-state index contributed by atoms with van der Waals surface area (Å²) in [7, 11) is 0. The summed E-state index contributed by atoms with van der Waals surface area (Å²) >= 11 is 0. The van der Waals surface area contributed by atoms with Crippen LogP contribution in [0.1, 0.15) is 60.6 Å². The highest BCUT2D eigenvalue weighted by molar-refractivity contribution is 5.98. The van der Waals surface area contributed by atoms with Crippen LogP contribution in [-0.2, 0) is 25.7 Å². The van der Waals surface area contributed by atoms with Gasteiger partial charge in [-0.25, -0.2) is 9.78 Å². The van der Waals surface area contributed by atoms with Crippen molar-refractivity contribution in [2.24, 2.45) is 17.8 Å². The summed E-state index contributed by atoms with van der Waals surface area (Å²) < 4.78 is 10.8. The number of fused-ring (bicyclic) bond motifs is 3. The number of aryl methyl sites for hydroxylation is 1. The molecular formula is C24H27NO5. The van der Waals surface area contributed by atoms with Crippen molar-refractivity contribution in [3.05, 3.63) is 41.1 Å². The van der Waals surface area contributed by atoms with Gasteiger partial charge in [0, 0.05) is 17.2 Å². The SMILES string of the molecule is CCOC(=O)c1c(COC(=O)C2CC3CCCC(C2)C3=O)nc2ccccc2c1C. The molecule has 0 aliphatic heterocycles. The number of pyridine rings is 1. The molecule has 0 spiro atoms. The van der Waals surface area contributed by atoms with E-state index in [0.29, 0.717) is 29.9 Å². The van der Waals surface area contributed by atoms with Gasteiger partial charge in [0.1, 0.15) is 12.4 Å². The quantitative estimate of drug-likeness (QED) is 0.690. The van der Waals surface area contributed by atoms with Crippen molar-refractivity contribution in [1.82, 2.24) is 4.98 Å². The Morgan fingerprint density at radius 1 is 1.10 bits per heavy atom. The molecule has 158 valence electrons. The van der Waals surface area contributed by atoms with E-state index in [9.17, 15) is 14.4 Å². The highest BCUT2D eigenvalue weighted by Gasteiger charge is 2.41. The Hall–Kier alpha value is -2.76. The van der Waals surface area contributed by atoms with Gasteiger partial charge in [-0.1, -0.05) is 24.6 Å². The van der Waals surface area contributed by atoms with Crippen LogP contribution in [0.3, 0.4) is 0 Å². The molecule has 1 heterocycles. The van der Waals surface area contributed by atoms with E-state index in [2.05, 4.69) is 4.98 Å². The van der Waals surface area contributed by atoms with Crippen molar-refractivity contribution in [2.75, 3.05) is 6.61 Å². The number of hydrogen-bond donors (Lipinski definition) is 0. The summed E-state index contributed by atoms with van der Waals surface area (Å²) in [5.41, 5.74) is 2.28. The van der Waals surface area contributed by atoms with Gasteiger partial charge in [-0.2, -0.15) is 0 Å². The predicted molar refractivity (Wildman–Crippen MR) is 111 cm³/mol. The first-order valence-corrected chi connectivity index (χ1v) is 10.7. The number of ether oxygens (including phenoxy) is 2. The number of nitrogens with zero attached hydrogens (tertiary/aromatic N) is 1. The number of ketones is 1. The van der Waals surface area contributed by atoms with E-state index in [-0.39, 0.29) is 36.9 Å². The highest BCUT2D eigenvalue weighted by atomic mass is 16.5. The summed E-state index contributed by atoms with van der Waals surface area (Å²) in [5, 5.41) is 0.870. The van der Waals surface area contributed by atoms with Crippen molar-refractivity contribution < 1.29 is 23.9 Å². The van der Waals surface area contributed by atoms with E-state index in [1.54, 1.807) is 6.92 Å². The van der Waals surface area contributed by atoms with Gasteiger partial charge in [0.25, 0.3) is 0 Å². The molecule has 2 aliphatic rings. The lowest BCUT2D eigenvalue weighted by atomic mass is 9.67. The Labute approximate surface area is 176 Å². The summed E-state index contributed by atoms with van der Waals surface area (Å²) in [5.74, 6) is -0.719. The molecule has 2 fully saturated rings. The first kappa shape index (κ1) is 20.5. The lowest BCUT2D eigenvalue weighted by Crippen LogP contribution is -2.39. The Morgan fingerprint density at radius 3 is 2.50 bits per heavy atom. The summed E-state index contributed by atoms with van der Waals surface area (Å²) in [6.45, 7) is 3.78. The third kappa shape index (κ3) is 3.83. The molecule has 0 amide bonds. The van der Waals surface area contributed by atoms with Gasteiger partial charge in [0.05, 0.1) is 29.3 Å². The minimum atomic E-state index is -0.461. The molecule has 2 bridgehead atoms. The number of para-hydroxylation sites is 1. The van der Waals surface area contributed by atoms with Crippen molar-refractivity contribution in [3.8, 4) is 0 Å². The lowest BCUT2D eigenvalue weighted by Gasteiger charge is -2.36. The smallest absolute Gasteiger partial charge is 0.340 e. The van der Waals surface area contributed by atoms with Crippen molar-refractivity contribution >= 4 is 28.6 Å². The van der Waals surface area contributed by atoms with Crippen LogP contribution in [0.5, 0.6) is 0 Å². The van der Waals surface area contributed by atoms with Crippen molar-refractivity contribution in [2.45, 2.75) is 52.6 Å². The number of hydrogen-bond acceptors (Lipinski definition) is 6. The van der Waals surface area contributed by atoms with Gasteiger partial charge in [0.2, 0.25) is 0 Å². The standard InChI is InChI=1S/C24H27NO5/c1-3-29-24(28)21-14(2)18-9-4-5-10-19(18)25-20(21)13-30-23(27)17-11-15-7-6-8-16(12-17)22(15)26/h4-5,9-10,15-17H,3,6-8,11-13H2,1-2H3. The number of esters is 2. The van der Waals surface area contributed by atoms with Gasteiger partial charge < -0.3 is 9.47 Å². The average Bonchev–Trinajstić information content (AvgIpc) is 2.72. The molecule has 4 rings (SSSR count). The number of benzene rings is 1. The van der Waals surface area contributed by atoms with E-state index in [4.69, 9.17) is 9.47 Å². The monoisotopic (exact) mass is 409 g/mol. The fourth-order valence-electron chi connectivity index (χ4n) is 4.95. The zero-order valence-electron chi connectivity index (χ0n) is 17.5. The third-order valence-corrected chi connectivity index (χ3v) is 6.44. The number of carbonyl (C=O) groups is 3. The molecule has 6 nitrogen and oxygen atoms in total. The van der Waals surface area contributed by atoms with Crippen LogP contribution in [-0.4, -0.2) is 29.3 Å². The minimum absolute atomic E-state index is 0.00817. The molecule has 2 aliphatic carbocycles. The fourth-order valence-corrected chi connectivity index (χ4v) is 4.95. The van der Waals surface area contributed by atoms with Crippen molar-refractivity contribution in [3.63, 3.8) is 0 Å². The molecule has 30 heavy (non-hydrogen) atoms. The van der Waals surface area contributed by atoms with Crippen LogP contribution in [0.15, 0.2) is 24.3 Å². The molecular weight excluding hydrogens is 382 g/mol. The predicted octanol–water partition coefficient (Wildman–Crippen LogP) is 4.16. The fraction of sp³-hybridized carbons (Fsp3) is 0.500. The number of Topliss-reactive ketones (excluding diaryl/α,β-unsaturated/α-hetero) is 1. The molecule has 1 aromatic carbocycles. The normalized spacial score (nSPS) is 23.3. The number of carbonyl (C=O) groups excluding carboxylic acids is 3. The Balaban J connectivity index is 1.56. The zero-order chi connectivity index (χ0) is 21.3. The van der Waals surface area contributed by atoms with E-state index in [1.165, 1.54) is 0 Å². The Kier molecular flexibility index (Phi) is 5.84. The average molecular weight is 409 g/mol. The molecule has 2 aromatic rings. The lowest BCUT2D eigenvalue weighted by molar-refractivity contribution is -0.154. The highest BCUT2D eigenvalue weighted by Crippen LogP contribution is 2.40. The van der Waals surface area contributed by atoms with Crippen LogP contribution in [0.25, 0.3) is 10.9 Å². The van der Waals surface area contributed by atoms with E-state index >= 15 is 0 Å². The maximum atomic E-state index is 12.8. The molecule has 2 atom stereocenters. The number of aromatic nitrogens is 1. The molecule has 1 aromatic heterocycles. The zero-order valence-corrected chi connectivity index (χ0v) is 17.5. The summed E-state index contributed by atoms with van der Waals surface area (Å²) in [6.07, 6.45) is 3.95. The molecule has 0 N–H and O–H groups in total. The maximum Gasteiger partial charge on any atom is 0.340 e. The number of rotatable bonds is 5. The largest absolute Gasteiger partial charge is 0.462 e. The second kappa shape index (κ2) is 8.54. The van der Waals surface area contributed by atoms with Crippen molar-refractivity contribution in [1.29, 1.82) is 0 Å². The minimum Gasteiger partial charge on any atom is -0.462 e. The molecule has 2 unspecified atom stereocenters. The van der Waals surface area contributed by atoms with Crippen LogP contribution in [0.2, 0.25) is 0 Å². The van der Waals surface area contributed by atoms with Gasteiger partial charge in [-0.3, -0.25) is 9.59 Å². The van der Waals surface area contributed by atoms with Gasteiger partial charge >= 0.3 is 11.9 Å². The summed E-state index contributed by atoms with van der Waals surface area (Å²) in [6, 6.07) is 7.56. The third-order valence-electron chi connectivity index (χ3n) is 6.44. The molecule has 0 radical (unpaired) electrons. The Bertz CT molecular complexity index is 982. The first-order chi connectivity index (χ1) is 14.5. The van der Waals surface area contributed by atoms with Crippen LogP contribution < -0.4 is 0 Å². The van der Waals surface area contributed by atoms with E-state index in [0.717, 1.165) is 35.7 Å². The van der Waals surface area contributed by atoms with Crippen LogP contribution >= 0.6 is 0 Å². The first-order valence-electron chi connectivity index (χ1n) is 10.7. The Morgan fingerprint density at radius 2 is 1.80 bits per heavy atom. The van der Waals surface area contributed by atoms with Crippen LogP contribution in [0, 0.1) is 24.7 Å². The molecule has 2 saturated carbocycles. The molecule has 0 saturated heterocycles. The van der Waals surface area contributed by atoms with E-state index in [1.807, 2.05) is 31.2 Å². The van der Waals surface area contributed by atoms with Gasteiger partial charge in [0.15, 0.2) is 0 Å². The second-order valence-corrected chi connectivity index (χ2v) is 8.30. The molecule has 6 heteroatoms. The van der Waals surface area contributed by atoms with Gasteiger partial charge in [-0.15, -0.1) is 0 Å². The topological polar surface area (TPSA) is 82.6 Å². The maximum absolute atomic E-state index is 12.8. The van der Waals surface area contributed by atoms with E-state index < -0.39 is 5.97 Å².